The number of ether oxygens (including phenoxy) is 1. The van der Waals surface area contributed by atoms with Crippen LogP contribution < -0.4 is 4.74 Å². The van der Waals surface area contributed by atoms with Crippen molar-refractivity contribution in [1.82, 2.24) is 9.80 Å². The monoisotopic (exact) mass is 288 g/mol. The van der Waals surface area contributed by atoms with Crippen molar-refractivity contribution >= 4 is 0 Å². The van der Waals surface area contributed by atoms with Gasteiger partial charge in [0.1, 0.15) is 5.75 Å². The molecule has 0 bridgehead atoms. The number of hydrogen-bond acceptors (Lipinski definition) is 3. The van der Waals surface area contributed by atoms with E-state index in [1.54, 1.807) is 0 Å². The molecule has 0 aromatic heterocycles. The minimum Gasteiger partial charge on any atom is -0.494 e. The van der Waals surface area contributed by atoms with Gasteiger partial charge in [0, 0.05) is 19.6 Å². The first-order valence-corrected chi connectivity index (χ1v) is 8.47. The van der Waals surface area contributed by atoms with Crippen LogP contribution in [0.15, 0.2) is 18.2 Å². The van der Waals surface area contributed by atoms with E-state index < -0.39 is 0 Å². The van der Waals surface area contributed by atoms with Gasteiger partial charge in [0.25, 0.3) is 0 Å². The van der Waals surface area contributed by atoms with Gasteiger partial charge in [-0.25, -0.2) is 0 Å². The Morgan fingerprint density at radius 1 is 1.05 bits per heavy atom. The van der Waals surface area contributed by atoms with E-state index in [-0.39, 0.29) is 0 Å². The maximum atomic E-state index is 5.95. The van der Waals surface area contributed by atoms with Crippen LogP contribution in [0.4, 0.5) is 0 Å². The summed E-state index contributed by atoms with van der Waals surface area (Å²) in [4.78, 5) is 4.96. The maximum absolute atomic E-state index is 5.95. The number of piperidine rings is 1. The van der Waals surface area contributed by atoms with Crippen LogP contribution in [0.5, 0.6) is 5.75 Å². The van der Waals surface area contributed by atoms with Crippen LogP contribution >= 0.6 is 0 Å². The van der Waals surface area contributed by atoms with E-state index in [1.807, 2.05) is 0 Å². The molecule has 1 aromatic carbocycles. The predicted molar refractivity (Wildman–Crippen MR) is 86.9 cm³/mol. The number of likely N-dealkylation sites (tertiary alicyclic amines) is 1. The first-order chi connectivity index (χ1) is 10.3. The SMILES string of the molecule is CN1CCc2ccc(OCCCN3CCCCC3)cc2C1. The third kappa shape index (κ3) is 4.21. The summed E-state index contributed by atoms with van der Waals surface area (Å²) in [5.74, 6) is 1.04. The van der Waals surface area contributed by atoms with Gasteiger partial charge < -0.3 is 14.5 Å². The zero-order valence-electron chi connectivity index (χ0n) is 13.3. The molecule has 3 nitrogen and oxygen atoms in total. The van der Waals surface area contributed by atoms with E-state index in [0.717, 1.165) is 25.3 Å². The molecule has 116 valence electrons. The molecule has 0 spiro atoms. The van der Waals surface area contributed by atoms with Crippen LogP contribution in [0, 0.1) is 0 Å². The molecule has 3 heteroatoms. The molecule has 0 saturated carbocycles. The lowest BCUT2D eigenvalue weighted by Gasteiger charge is -2.26. The molecule has 0 aliphatic carbocycles. The average molecular weight is 288 g/mol. The molecule has 0 radical (unpaired) electrons. The summed E-state index contributed by atoms with van der Waals surface area (Å²) < 4.78 is 5.95. The van der Waals surface area contributed by atoms with Crippen LogP contribution in [0.3, 0.4) is 0 Å². The molecule has 2 aliphatic rings. The molecule has 0 N–H and O–H groups in total. The van der Waals surface area contributed by atoms with E-state index >= 15 is 0 Å². The third-order valence-corrected chi connectivity index (χ3v) is 4.72. The largest absolute Gasteiger partial charge is 0.494 e. The Balaban J connectivity index is 1.44. The van der Waals surface area contributed by atoms with Gasteiger partial charge in [-0.15, -0.1) is 0 Å². The van der Waals surface area contributed by atoms with E-state index in [2.05, 4.69) is 35.0 Å². The summed E-state index contributed by atoms with van der Waals surface area (Å²) in [7, 11) is 2.19. The van der Waals surface area contributed by atoms with Crippen LogP contribution in [0.2, 0.25) is 0 Å². The number of likely N-dealkylation sites (N-methyl/N-ethyl adjacent to an activating group) is 1. The lowest BCUT2D eigenvalue weighted by molar-refractivity contribution is 0.205. The molecule has 2 heterocycles. The molecule has 0 atom stereocenters. The second kappa shape index (κ2) is 7.28. The zero-order valence-corrected chi connectivity index (χ0v) is 13.3. The van der Waals surface area contributed by atoms with E-state index in [9.17, 15) is 0 Å². The highest BCUT2D eigenvalue weighted by Gasteiger charge is 2.13. The number of nitrogens with zero attached hydrogens (tertiary/aromatic N) is 2. The topological polar surface area (TPSA) is 15.7 Å². The normalized spacial score (nSPS) is 20.2. The number of hydrogen-bond donors (Lipinski definition) is 0. The minimum absolute atomic E-state index is 0.838. The number of rotatable bonds is 5. The second-order valence-corrected chi connectivity index (χ2v) is 6.52. The van der Waals surface area contributed by atoms with Gasteiger partial charge >= 0.3 is 0 Å². The van der Waals surface area contributed by atoms with E-state index in [4.69, 9.17) is 4.74 Å². The molecular weight excluding hydrogens is 260 g/mol. The Morgan fingerprint density at radius 3 is 2.76 bits per heavy atom. The highest BCUT2D eigenvalue weighted by atomic mass is 16.5. The fraction of sp³-hybridized carbons (Fsp3) is 0.667. The molecule has 2 aliphatic heterocycles. The first-order valence-electron chi connectivity index (χ1n) is 8.47. The fourth-order valence-corrected chi connectivity index (χ4v) is 3.43. The molecule has 3 rings (SSSR count). The molecule has 1 aromatic rings. The maximum Gasteiger partial charge on any atom is 0.119 e. The molecule has 21 heavy (non-hydrogen) atoms. The van der Waals surface area contributed by atoms with Gasteiger partial charge in [-0.3, -0.25) is 0 Å². The number of fused-ring (bicyclic) bond motifs is 1. The van der Waals surface area contributed by atoms with Crippen LogP contribution in [-0.4, -0.2) is 49.6 Å². The summed E-state index contributed by atoms with van der Waals surface area (Å²) in [5, 5.41) is 0. The van der Waals surface area contributed by atoms with Crippen molar-refractivity contribution in [2.75, 3.05) is 39.8 Å². The predicted octanol–water partition coefficient (Wildman–Crippen LogP) is 2.93. The van der Waals surface area contributed by atoms with E-state index in [0.29, 0.717) is 0 Å². The molecule has 1 saturated heterocycles. The van der Waals surface area contributed by atoms with Crippen molar-refractivity contribution in [3.8, 4) is 5.75 Å². The lowest BCUT2D eigenvalue weighted by atomic mass is 10.00. The zero-order chi connectivity index (χ0) is 14.5. The summed E-state index contributed by atoms with van der Waals surface area (Å²) in [6.45, 7) is 6.82. The molecule has 0 unspecified atom stereocenters. The highest BCUT2D eigenvalue weighted by molar-refractivity contribution is 5.37. The van der Waals surface area contributed by atoms with Crippen molar-refractivity contribution in [2.45, 2.75) is 38.6 Å². The standard InChI is InChI=1S/C18H28N2O/c1-19-12-8-16-6-7-18(14-17(16)15-19)21-13-5-11-20-9-3-2-4-10-20/h6-7,14H,2-5,8-13,15H2,1H3. The molecule has 1 fully saturated rings. The van der Waals surface area contributed by atoms with Gasteiger partial charge in [0.05, 0.1) is 6.61 Å². The van der Waals surface area contributed by atoms with Crippen molar-refractivity contribution in [3.63, 3.8) is 0 Å². The first kappa shape index (κ1) is 14.9. The summed E-state index contributed by atoms with van der Waals surface area (Å²) >= 11 is 0. The van der Waals surface area contributed by atoms with Crippen molar-refractivity contribution in [3.05, 3.63) is 29.3 Å². The smallest absolute Gasteiger partial charge is 0.119 e. The lowest BCUT2D eigenvalue weighted by Crippen LogP contribution is -2.31. The number of benzene rings is 1. The van der Waals surface area contributed by atoms with Crippen LogP contribution in [0.1, 0.15) is 36.8 Å². The molecule has 0 amide bonds. The van der Waals surface area contributed by atoms with Crippen LogP contribution in [-0.2, 0) is 13.0 Å². The highest BCUT2D eigenvalue weighted by Crippen LogP contribution is 2.23. The molecular formula is C18H28N2O. The average Bonchev–Trinajstić information content (AvgIpc) is 2.52. The van der Waals surface area contributed by atoms with Gasteiger partial charge in [0.15, 0.2) is 0 Å². The third-order valence-electron chi connectivity index (χ3n) is 4.72. The fourth-order valence-electron chi connectivity index (χ4n) is 3.43. The Labute approximate surface area is 128 Å². The van der Waals surface area contributed by atoms with Crippen molar-refractivity contribution in [1.29, 1.82) is 0 Å². The quantitative estimate of drug-likeness (QED) is 0.775. The second-order valence-electron chi connectivity index (χ2n) is 6.52. The van der Waals surface area contributed by atoms with Gasteiger partial charge in [-0.1, -0.05) is 12.5 Å². The summed E-state index contributed by atoms with van der Waals surface area (Å²) in [6.07, 6.45) is 6.47. The summed E-state index contributed by atoms with van der Waals surface area (Å²) in [6, 6.07) is 6.64. The van der Waals surface area contributed by atoms with Gasteiger partial charge in [-0.05, 0) is 69.1 Å². The van der Waals surface area contributed by atoms with Crippen LogP contribution in [0.25, 0.3) is 0 Å². The van der Waals surface area contributed by atoms with Crippen molar-refractivity contribution < 1.29 is 4.74 Å². The Hall–Kier alpha value is -1.06. The summed E-state index contributed by atoms with van der Waals surface area (Å²) in [5.41, 5.74) is 2.94. The Kier molecular flexibility index (Phi) is 5.15. The van der Waals surface area contributed by atoms with E-state index in [1.165, 1.54) is 63.0 Å². The van der Waals surface area contributed by atoms with Gasteiger partial charge in [-0.2, -0.15) is 0 Å². The minimum atomic E-state index is 0.838. The Bertz CT molecular complexity index is 455. The Morgan fingerprint density at radius 2 is 1.90 bits per heavy atom. The van der Waals surface area contributed by atoms with Crippen molar-refractivity contribution in [2.24, 2.45) is 0 Å². The van der Waals surface area contributed by atoms with Gasteiger partial charge in [0.2, 0.25) is 0 Å².